The first-order chi connectivity index (χ1) is 22.9. The van der Waals surface area contributed by atoms with Gasteiger partial charge in [-0.1, -0.05) is 109 Å². The lowest BCUT2D eigenvalue weighted by molar-refractivity contribution is 1.10. The van der Waals surface area contributed by atoms with Crippen molar-refractivity contribution in [2.24, 2.45) is 0 Å². The molecule has 0 saturated heterocycles. The molecule has 0 spiro atoms. The molecule has 2 aliphatic rings. The summed E-state index contributed by atoms with van der Waals surface area (Å²) in [4.78, 5) is 0. The van der Waals surface area contributed by atoms with E-state index in [1.54, 1.807) is 0 Å². The Bertz CT molecular complexity index is 2800. The minimum atomic E-state index is 0. The number of nitrogens with zero attached hydrogens (tertiary/aromatic N) is 3. The molecule has 213 valence electrons. The average molecular weight is 592 g/mol. The van der Waals surface area contributed by atoms with Crippen LogP contribution in [-0.2, 0) is 0 Å². The topological polar surface area (TPSA) is 14.8 Å². The van der Waals surface area contributed by atoms with E-state index in [0.717, 1.165) is 0 Å². The summed E-state index contributed by atoms with van der Waals surface area (Å²) in [6.45, 7) is 0.137. The van der Waals surface area contributed by atoms with E-state index in [2.05, 4.69) is 159 Å². The largest absolute Gasteiger partial charge is 0.310 e. The van der Waals surface area contributed by atoms with Gasteiger partial charge in [-0.05, 0) is 52.8 Å². The van der Waals surface area contributed by atoms with Crippen molar-refractivity contribution in [2.75, 3.05) is 0 Å². The van der Waals surface area contributed by atoms with Gasteiger partial charge >= 0.3 is 0 Å². The number of rotatable bonds is 1. The zero-order valence-electron chi connectivity index (χ0n) is 25.4. The molecule has 0 saturated carbocycles. The maximum absolute atomic E-state index is 2.56. The zero-order valence-corrected chi connectivity index (χ0v) is 25.4. The molecule has 3 aromatic heterocycles. The van der Waals surface area contributed by atoms with Crippen molar-refractivity contribution >= 4 is 96.9 Å². The van der Waals surface area contributed by atoms with Gasteiger partial charge in [0.15, 0.2) is 0 Å². The lowest BCUT2D eigenvalue weighted by Crippen LogP contribution is -2.59. The van der Waals surface area contributed by atoms with Gasteiger partial charge < -0.3 is 13.7 Å². The van der Waals surface area contributed by atoms with Crippen LogP contribution in [0.1, 0.15) is 0 Å². The van der Waals surface area contributed by atoms with Crippen LogP contribution >= 0.6 is 0 Å². The molecule has 2 aliphatic heterocycles. The Morgan fingerprint density at radius 1 is 0.362 bits per heavy atom. The predicted octanol–water partition coefficient (Wildman–Crippen LogP) is 7.74. The number of aromatic nitrogens is 3. The monoisotopic (exact) mass is 592 g/mol. The van der Waals surface area contributed by atoms with Gasteiger partial charge in [-0.25, -0.2) is 0 Å². The Morgan fingerprint density at radius 3 is 1.17 bits per heavy atom. The van der Waals surface area contributed by atoms with Gasteiger partial charge in [0.05, 0.1) is 27.8 Å². The molecule has 3 nitrogen and oxygen atoms in total. The van der Waals surface area contributed by atoms with Crippen LogP contribution < -0.4 is 16.4 Å². The van der Waals surface area contributed by atoms with Crippen molar-refractivity contribution in [3.63, 3.8) is 0 Å². The van der Waals surface area contributed by atoms with Crippen molar-refractivity contribution in [2.45, 2.75) is 0 Å². The Morgan fingerprint density at radius 2 is 0.723 bits per heavy atom. The van der Waals surface area contributed by atoms with E-state index in [4.69, 9.17) is 0 Å². The fourth-order valence-corrected chi connectivity index (χ4v) is 9.14. The fraction of sp³-hybridized carbons (Fsp3) is 0. The summed E-state index contributed by atoms with van der Waals surface area (Å²) in [6.07, 6.45) is 0. The van der Waals surface area contributed by atoms with Gasteiger partial charge in [0.25, 0.3) is 6.71 Å². The highest BCUT2D eigenvalue weighted by Crippen LogP contribution is 2.41. The van der Waals surface area contributed by atoms with E-state index in [1.165, 1.54) is 98.9 Å². The minimum absolute atomic E-state index is 0. The van der Waals surface area contributed by atoms with Gasteiger partial charge in [-0.15, -0.1) is 0 Å². The second-order valence-corrected chi connectivity index (χ2v) is 12.9. The van der Waals surface area contributed by atoms with Crippen LogP contribution in [0.15, 0.2) is 146 Å². The zero-order chi connectivity index (χ0) is 29.7. The quantitative estimate of drug-likeness (QED) is 0.173. The molecule has 0 bridgehead atoms. The summed E-state index contributed by atoms with van der Waals surface area (Å²) in [5.41, 5.74) is 15.5. The van der Waals surface area contributed by atoms with Crippen LogP contribution in [0, 0.1) is 0 Å². The summed E-state index contributed by atoms with van der Waals surface area (Å²) in [5.74, 6) is 0. The third kappa shape index (κ3) is 2.88. The van der Waals surface area contributed by atoms with Crippen molar-refractivity contribution in [1.29, 1.82) is 0 Å². The normalized spacial score (nSPS) is 12.9. The highest BCUT2D eigenvalue weighted by atomic mass is 15.1. The van der Waals surface area contributed by atoms with Gasteiger partial charge in [0, 0.05) is 63.1 Å². The summed E-state index contributed by atoms with van der Waals surface area (Å²) in [5, 5.41) is 7.80. The van der Waals surface area contributed by atoms with Gasteiger partial charge in [0.2, 0.25) is 0 Å². The lowest BCUT2D eigenvalue weighted by Gasteiger charge is -2.34. The molecule has 0 fully saturated rings. The van der Waals surface area contributed by atoms with Crippen LogP contribution in [0.5, 0.6) is 0 Å². The molecule has 3 radical (unpaired) electrons. The molecular weight excluding hydrogens is 568 g/mol. The van der Waals surface area contributed by atoms with Crippen LogP contribution in [0.4, 0.5) is 0 Å². The predicted molar refractivity (Wildman–Crippen MR) is 200 cm³/mol. The number of fused-ring (bicyclic) bond motifs is 13. The van der Waals surface area contributed by atoms with Gasteiger partial charge in [0.1, 0.15) is 0 Å². The Hall–Kier alpha value is -5.93. The SMILES string of the molecule is [B].c1ccc2c(c1)c1ccccc1n2-c1cc2c3c(c1)-n1c4ccccc4c4cccc(c41)B3c1cccc3c4ccccc4n-2c13. The maximum Gasteiger partial charge on any atom is 0.252 e. The summed E-state index contributed by atoms with van der Waals surface area (Å²) < 4.78 is 7.59. The molecule has 0 amide bonds. The molecule has 47 heavy (non-hydrogen) atoms. The molecule has 5 heteroatoms. The number of para-hydroxylation sites is 6. The minimum Gasteiger partial charge on any atom is -0.310 e. The van der Waals surface area contributed by atoms with Gasteiger partial charge in [-0.2, -0.15) is 0 Å². The van der Waals surface area contributed by atoms with Crippen LogP contribution in [0.3, 0.4) is 0 Å². The summed E-state index contributed by atoms with van der Waals surface area (Å²) >= 11 is 0. The van der Waals surface area contributed by atoms with E-state index in [0.29, 0.717) is 0 Å². The molecule has 7 aromatic carbocycles. The molecular formula is C42H24B2N3. The Balaban J connectivity index is 0.00000271. The Kier molecular flexibility index (Phi) is 4.66. The Labute approximate surface area is 272 Å². The standard InChI is InChI=1S/C42H24BN3.B/c1-5-19-34-26(11-1)27-12-2-6-20-35(27)44(34)25-23-38-40-39(24-25)46-37-22-8-4-14-29(37)31-16-10-18-33(42(31)46)43(40)32-17-9-15-30-28-13-3-7-21-36(28)45(38)41(30)32;/h1-24H;. The van der Waals surface area contributed by atoms with Crippen LogP contribution in [0.2, 0.25) is 0 Å². The van der Waals surface area contributed by atoms with Crippen molar-refractivity contribution < 1.29 is 0 Å². The molecule has 10 aromatic rings. The van der Waals surface area contributed by atoms with Gasteiger partial charge in [-0.3, -0.25) is 0 Å². The average Bonchev–Trinajstić information content (AvgIpc) is 3.76. The number of hydrogen-bond acceptors (Lipinski definition) is 0. The van der Waals surface area contributed by atoms with E-state index in [9.17, 15) is 0 Å². The highest BCUT2D eigenvalue weighted by Gasteiger charge is 2.41. The molecule has 0 unspecified atom stereocenters. The first-order valence-corrected chi connectivity index (χ1v) is 16.1. The van der Waals surface area contributed by atoms with E-state index < -0.39 is 0 Å². The lowest BCUT2D eigenvalue weighted by atomic mass is 9.34. The smallest absolute Gasteiger partial charge is 0.252 e. The van der Waals surface area contributed by atoms with E-state index in [-0.39, 0.29) is 15.1 Å². The third-order valence-electron chi connectivity index (χ3n) is 10.8. The molecule has 0 atom stereocenters. The molecule has 5 heterocycles. The van der Waals surface area contributed by atoms with Crippen LogP contribution in [-0.4, -0.2) is 28.8 Å². The first-order valence-electron chi connectivity index (χ1n) is 16.1. The van der Waals surface area contributed by atoms with E-state index in [1.807, 2.05) is 0 Å². The number of hydrogen-bond donors (Lipinski definition) is 0. The second kappa shape index (κ2) is 8.65. The molecule has 0 N–H and O–H groups in total. The van der Waals surface area contributed by atoms with Crippen molar-refractivity contribution in [1.82, 2.24) is 13.7 Å². The number of benzene rings is 7. The summed E-state index contributed by atoms with van der Waals surface area (Å²) in [6, 6.07) is 54.3. The second-order valence-electron chi connectivity index (χ2n) is 12.9. The highest BCUT2D eigenvalue weighted by molar-refractivity contribution is 7.00. The molecule has 12 rings (SSSR count). The van der Waals surface area contributed by atoms with E-state index >= 15 is 0 Å². The molecule has 0 aliphatic carbocycles. The fourth-order valence-electron chi connectivity index (χ4n) is 9.14. The maximum atomic E-state index is 2.56. The van der Waals surface area contributed by atoms with Crippen molar-refractivity contribution in [3.8, 4) is 17.1 Å². The first kappa shape index (κ1) is 25.3. The van der Waals surface area contributed by atoms with Crippen molar-refractivity contribution in [3.05, 3.63) is 146 Å². The van der Waals surface area contributed by atoms with Crippen LogP contribution in [0.25, 0.3) is 82.5 Å². The third-order valence-corrected chi connectivity index (χ3v) is 10.8. The summed E-state index contributed by atoms with van der Waals surface area (Å²) in [7, 11) is 0.